The minimum Gasteiger partial charge on any atom is -0.493 e. The van der Waals surface area contributed by atoms with E-state index in [2.05, 4.69) is 4.99 Å². The van der Waals surface area contributed by atoms with Gasteiger partial charge in [-0.2, -0.15) is 4.99 Å². The Morgan fingerprint density at radius 3 is 2.24 bits per heavy atom. The molecule has 0 N–H and O–H groups in total. The van der Waals surface area contributed by atoms with Gasteiger partial charge in [-0.3, -0.25) is 9.59 Å². The topological polar surface area (TPSA) is 97.6 Å². The Balaban J connectivity index is 2.02. The second-order valence-electron chi connectivity index (χ2n) is 6.85. The lowest BCUT2D eigenvalue weighted by Gasteiger charge is -2.09. The van der Waals surface area contributed by atoms with E-state index in [9.17, 15) is 9.59 Å². The number of fused-ring (bicyclic) bond motifs is 1. The lowest BCUT2D eigenvalue weighted by Crippen LogP contribution is -2.22. The number of thiazole rings is 1. The molecule has 34 heavy (non-hydrogen) atoms. The molecule has 0 saturated heterocycles. The summed E-state index contributed by atoms with van der Waals surface area (Å²) in [6.07, 6.45) is 2.98. The van der Waals surface area contributed by atoms with Crippen LogP contribution in [0.3, 0.4) is 0 Å². The number of hydrogen-bond acceptors (Lipinski definition) is 8. The summed E-state index contributed by atoms with van der Waals surface area (Å²) in [4.78, 5) is 29.5. The number of aromatic nitrogens is 1. The molecular weight excluding hydrogens is 460 g/mol. The summed E-state index contributed by atoms with van der Waals surface area (Å²) in [5, 5.41) is 0. The van der Waals surface area contributed by atoms with Crippen molar-refractivity contribution in [3.63, 3.8) is 0 Å². The van der Waals surface area contributed by atoms with Crippen LogP contribution in [-0.4, -0.2) is 51.5 Å². The number of esters is 1. The van der Waals surface area contributed by atoms with E-state index in [1.54, 1.807) is 62.1 Å². The van der Waals surface area contributed by atoms with Crippen molar-refractivity contribution in [1.29, 1.82) is 0 Å². The third-order valence-electron chi connectivity index (χ3n) is 4.81. The maximum Gasteiger partial charge on any atom is 0.326 e. The molecule has 1 heterocycles. The number of benzene rings is 2. The van der Waals surface area contributed by atoms with Crippen LogP contribution in [0.2, 0.25) is 0 Å². The maximum atomic E-state index is 12.7. The van der Waals surface area contributed by atoms with Gasteiger partial charge in [-0.1, -0.05) is 17.4 Å². The van der Waals surface area contributed by atoms with Crippen molar-refractivity contribution in [1.82, 2.24) is 4.57 Å². The van der Waals surface area contributed by atoms with Crippen molar-refractivity contribution in [3.8, 4) is 23.0 Å². The number of methoxy groups -OCH3 is 4. The molecule has 1 aromatic heterocycles. The molecule has 0 unspecified atom stereocenters. The Kier molecular flexibility index (Phi) is 8.31. The number of hydrogen-bond donors (Lipinski definition) is 0. The lowest BCUT2D eigenvalue weighted by molar-refractivity contribution is -0.143. The van der Waals surface area contributed by atoms with Crippen LogP contribution in [0.5, 0.6) is 23.0 Å². The first-order valence-electron chi connectivity index (χ1n) is 10.3. The Bertz CT molecular complexity index is 1290. The predicted molar refractivity (Wildman–Crippen MR) is 129 cm³/mol. The fourth-order valence-electron chi connectivity index (χ4n) is 3.23. The number of nitrogens with zero attached hydrogens (tertiary/aromatic N) is 2. The minimum atomic E-state index is -0.488. The quantitative estimate of drug-likeness (QED) is 0.338. The van der Waals surface area contributed by atoms with Gasteiger partial charge < -0.3 is 28.3 Å². The fraction of sp³-hybridized carbons (Fsp3) is 0.292. The van der Waals surface area contributed by atoms with Gasteiger partial charge in [0.1, 0.15) is 6.54 Å². The zero-order chi connectivity index (χ0) is 24.7. The molecule has 2 aromatic carbocycles. The first-order chi connectivity index (χ1) is 16.4. The Morgan fingerprint density at radius 1 is 0.941 bits per heavy atom. The molecule has 0 aliphatic carbocycles. The summed E-state index contributed by atoms with van der Waals surface area (Å²) in [7, 11) is 6.16. The number of carbonyl (C=O) groups is 2. The van der Waals surface area contributed by atoms with Crippen LogP contribution in [0, 0.1) is 0 Å². The van der Waals surface area contributed by atoms with Gasteiger partial charge in [0.15, 0.2) is 27.8 Å². The Morgan fingerprint density at radius 2 is 1.59 bits per heavy atom. The number of amides is 1. The monoisotopic (exact) mass is 486 g/mol. The summed E-state index contributed by atoms with van der Waals surface area (Å²) in [5.74, 6) is 1.24. The average molecular weight is 487 g/mol. The van der Waals surface area contributed by atoms with E-state index >= 15 is 0 Å². The van der Waals surface area contributed by atoms with Crippen molar-refractivity contribution in [2.24, 2.45) is 4.99 Å². The zero-order valence-electron chi connectivity index (χ0n) is 19.6. The first kappa shape index (κ1) is 24.8. The van der Waals surface area contributed by atoms with E-state index in [0.29, 0.717) is 33.3 Å². The molecule has 0 atom stereocenters. The van der Waals surface area contributed by atoms with E-state index in [4.69, 9.17) is 23.7 Å². The molecule has 0 aliphatic rings. The van der Waals surface area contributed by atoms with Crippen molar-refractivity contribution < 1.29 is 33.3 Å². The van der Waals surface area contributed by atoms with Gasteiger partial charge in [-0.05, 0) is 30.7 Å². The van der Waals surface area contributed by atoms with Crippen LogP contribution < -0.4 is 23.7 Å². The molecule has 1 amide bonds. The Labute approximate surface area is 200 Å². The van der Waals surface area contributed by atoms with Crippen LogP contribution in [0.1, 0.15) is 12.5 Å². The van der Waals surface area contributed by atoms with E-state index in [1.165, 1.54) is 31.6 Å². The predicted octanol–water partition coefficient (Wildman–Crippen LogP) is 3.44. The smallest absolute Gasteiger partial charge is 0.326 e. The second kappa shape index (κ2) is 11.4. The summed E-state index contributed by atoms with van der Waals surface area (Å²) >= 11 is 1.26. The SMILES string of the molecule is CCOC(=O)Cn1c(=NC(=O)/C=C/c2ccc(OC)c(OC)c2)sc2cc(OC)c(OC)cc21. The fourth-order valence-corrected chi connectivity index (χ4v) is 4.27. The van der Waals surface area contributed by atoms with E-state index in [0.717, 1.165) is 10.3 Å². The first-order valence-corrected chi connectivity index (χ1v) is 11.2. The van der Waals surface area contributed by atoms with E-state index < -0.39 is 11.9 Å². The van der Waals surface area contributed by atoms with Gasteiger partial charge in [0.25, 0.3) is 5.91 Å². The maximum absolute atomic E-state index is 12.7. The molecule has 0 radical (unpaired) electrons. The van der Waals surface area contributed by atoms with E-state index in [1.807, 2.05) is 0 Å². The van der Waals surface area contributed by atoms with E-state index in [-0.39, 0.29) is 13.2 Å². The molecule has 0 aliphatic heterocycles. The number of ether oxygens (including phenoxy) is 5. The van der Waals surface area contributed by atoms with Crippen LogP contribution >= 0.6 is 11.3 Å². The third-order valence-corrected chi connectivity index (χ3v) is 5.85. The van der Waals surface area contributed by atoms with Gasteiger partial charge in [0.05, 0.1) is 45.3 Å². The van der Waals surface area contributed by atoms with Gasteiger partial charge >= 0.3 is 5.97 Å². The molecule has 0 saturated carbocycles. The van der Waals surface area contributed by atoms with Gasteiger partial charge in [-0.15, -0.1) is 0 Å². The molecule has 3 aromatic rings. The standard InChI is InChI=1S/C24H26N2O7S/c1-6-33-23(28)14-26-16-12-19(31-4)20(32-5)13-21(16)34-24(26)25-22(27)10-8-15-7-9-17(29-2)18(11-15)30-3/h7-13H,6,14H2,1-5H3/b10-8+,25-24?. The Hall–Kier alpha value is -3.79. The molecule has 9 nitrogen and oxygen atoms in total. The summed E-state index contributed by atoms with van der Waals surface area (Å²) < 4.78 is 28.8. The highest BCUT2D eigenvalue weighted by atomic mass is 32.1. The van der Waals surface area contributed by atoms with Crippen molar-refractivity contribution in [2.45, 2.75) is 13.5 Å². The number of rotatable bonds is 9. The second-order valence-corrected chi connectivity index (χ2v) is 7.86. The summed E-state index contributed by atoms with van der Waals surface area (Å²) in [6, 6.07) is 8.82. The third kappa shape index (κ3) is 5.57. The van der Waals surface area contributed by atoms with Crippen molar-refractivity contribution in [2.75, 3.05) is 35.0 Å². The van der Waals surface area contributed by atoms with Gasteiger partial charge in [-0.25, -0.2) is 0 Å². The molecule has 0 fully saturated rings. The largest absolute Gasteiger partial charge is 0.493 e. The zero-order valence-corrected chi connectivity index (χ0v) is 20.4. The van der Waals surface area contributed by atoms with Crippen LogP contribution in [0.25, 0.3) is 16.3 Å². The molecule has 0 bridgehead atoms. The highest BCUT2D eigenvalue weighted by Gasteiger charge is 2.15. The molecular formula is C24H26N2O7S. The lowest BCUT2D eigenvalue weighted by atomic mass is 10.2. The minimum absolute atomic E-state index is 0.102. The summed E-state index contributed by atoms with van der Waals surface area (Å²) in [5.41, 5.74) is 1.41. The number of carbonyl (C=O) groups excluding carboxylic acids is 2. The molecule has 10 heteroatoms. The average Bonchev–Trinajstić information content (AvgIpc) is 3.16. The van der Waals surface area contributed by atoms with Crippen molar-refractivity contribution >= 4 is 39.5 Å². The summed E-state index contributed by atoms with van der Waals surface area (Å²) in [6.45, 7) is 1.88. The highest BCUT2D eigenvalue weighted by molar-refractivity contribution is 7.16. The van der Waals surface area contributed by atoms with Gasteiger partial charge in [0, 0.05) is 18.2 Å². The normalized spacial score (nSPS) is 11.6. The highest BCUT2D eigenvalue weighted by Crippen LogP contribution is 2.33. The van der Waals surface area contributed by atoms with Crippen LogP contribution in [-0.2, 0) is 20.9 Å². The molecule has 3 rings (SSSR count). The van der Waals surface area contributed by atoms with Crippen LogP contribution in [0.15, 0.2) is 41.4 Å². The van der Waals surface area contributed by atoms with Crippen molar-refractivity contribution in [3.05, 3.63) is 46.8 Å². The molecule has 180 valence electrons. The van der Waals surface area contributed by atoms with Gasteiger partial charge in [0.2, 0.25) is 0 Å². The molecule has 0 spiro atoms. The van der Waals surface area contributed by atoms with Crippen LogP contribution in [0.4, 0.5) is 0 Å².